The highest BCUT2D eigenvalue weighted by atomic mass is 32.1. The Kier molecular flexibility index (Phi) is 13.3. The van der Waals surface area contributed by atoms with Gasteiger partial charge in [-0.25, -0.2) is 0 Å². The van der Waals surface area contributed by atoms with Gasteiger partial charge in [-0.05, 0) is 59.8 Å². The molecule has 0 amide bonds. The first-order valence-electron chi connectivity index (χ1n) is 11.4. The maximum Gasteiger partial charge on any atom is 0.187 e. The smallest absolute Gasteiger partial charge is 0.187 e. The monoisotopic (exact) mass is 564 g/mol. The highest BCUT2D eigenvalue weighted by Crippen LogP contribution is 2.11. The number of rotatable bonds is 13. The maximum absolute atomic E-state index is 10.5. The van der Waals surface area contributed by atoms with Crippen molar-refractivity contribution in [2.75, 3.05) is 20.8 Å². The van der Waals surface area contributed by atoms with Crippen LogP contribution in [0.5, 0.6) is 11.5 Å². The van der Waals surface area contributed by atoms with Crippen LogP contribution in [-0.4, -0.2) is 81.7 Å². The zero-order valence-electron chi connectivity index (χ0n) is 20.9. The number of benzene rings is 2. The van der Waals surface area contributed by atoms with Gasteiger partial charge in [-0.2, -0.15) is 10.2 Å². The number of nitrogens with zero attached hydrogens (tertiary/aromatic N) is 2. The molecule has 0 spiro atoms. The van der Waals surface area contributed by atoms with Crippen molar-refractivity contribution in [2.45, 2.75) is 31.4 Å². The number of methoxy groups -OCH3 is 2. The van der Waals surface area contributed by atoms with Gasteiger partial charge in [0.05, 0.1) is 27.0 Å². The zero-order chi connectivity index (χ0) is 27.9. The lowest BCUT2D eigenvalue weighted by atomic mass is 10.0. The molecule has 2 rings (SSSR count). The van der Waals surface area contributed by atoms with Gasteiger partial charge in [0.25, 0.3) is 0 Å². The van der Waals surface area contributed by atoms with Gasteiger partial charge in [-0.1, -0.05) is 24.3 Å². The molecule has 0 saturated heterocycles. The van der Waals surface area contributed by atoms with Gasteiger partial charge in [-0.15, -0.1) is 0 Å². The first kappa shape index (κ1) is 30.8. The predicted octanol–water partition coefficient (Wildman–Crippen LogP) is -0.251. The lowest BCUT2D eigenvalue weighted by molar-refractivity contribution is -0.0549. The Morgan fingerprint density at radius 3 is 1.76 bits per heavy atom. The number of thiocarbonyl (C=S) groups is 2. The molecular formula is C24H32N6O6S2. The second kappa shape index (κ2) is 16.4. The fourth-order valence-corrected chi connectivity index (χ4v) is 3.11. The van der Waals surface area contributed by atoms with Crippen LogP contribution in [0.25, 0.3) is 0 Å². The zero-order valence-corrected chi connectivity index (χ0v) is 22.5. The minimum absolute atomic E-state index is 0.126. The minimum atomic E-state index is -1.74. The summed E-state index contributed by atoms with van der Waals surface area (Å²) >= 11 is 10.4. The van der Waals surface area contributed by atoms with Gasteiger partial charge in [-0.3, -0.25) is 10.9 Å². The van der Waals surface area contributed by atoms with Gasteiger partial charge in [0.1, 0.15) is 35.5 Å². The van der Waals surface area contributed by atoms with Crippen molar-refractivity contribution < 1.29 is 29.9 Å². The van der Waals surface area contributed by atoms with Gasteiger partial charge in [0, 0.05) is 13.1 Å². The number of hydrogen-bond donors (Lipinski definition) is 8. The van der Waals surface area contributed by atoms with Gasteiger partial charge in [0.2, 0.25) is 0 Å². The van der Waals surface area contributed by atoms with Gasteiger partial charge >= 0.3 is 0 Å². The Morgan fingerprint density at radius 2 is 1.32 bits per heavy atom. The highest BCUT2D eigenvalue weighted by molar-refractivity contribution is 7.80. The summed E-state index contributed by atoms with van der Waals surface area (Å²) in [5.41, 5.74) is 6.83. The van der Waals surface area contributed by atoms with Gasteiger partial charge < -0.3 is 40.5 Å². The van der Waals surface area contributed by atoms with Gasteiger partial charge in [0.15, 0.2) is 10.2 Å². The summed E-state index contributed by atoms with van der Waals surface area (Å²) in [5, 5.41) is 53.5. The van der Waals surface area contributed by atoms with Crippen LogP contribution >= 0.6 is 24.4 Å². The number of ether oxygens (including phenoxy) is 2. The molecule has 0 radical (unpaired) electrons. The van der Waals surface area contributed by atoms with E-state index in [0.717, 1.165) is 28.8 Å². The van der Waals surface area contributed by atoms with Crippen molar-refractivity contribution >= 4 is 46.6 Å². The van der Waals surface area contributed by atoms with E-state index in [4.69, 9.17) is 39.0 Å². The summed E-state index contributed by atoms with van der Waals surface area (Å²) in [6, 6.07) is 14.8. The molecule has 14 heteroatoms. The molecule has 0 aliphatic heterocycles. The third-order valence-electron chi connectivity index (χ3n) is 5.08. The van der Waals surface area contributed by atoms with Crippen LogP contribution in [0.1, 0.15) is 11.1 Å². The molecule has 0 heterocycles. The number of aliphatic hydroxyl groups excluding tert-OH is 4. The van der Waals surface area contributed by atoms with Crippen molar-refractivity contribution in [1.29, 1.82) is 0 Å². The molecule has 2 aromatic rings. The Balaban J connectivity index is 1.97. The third kappa shape index (κ3) is 10.5. The van der Waals surface area contributed by atoms with Crippen molar-refractivity contribution in [1.82, 2.24) is 21.5 Å². The topological polar surface area (TPSA) is 172 Å². The van der Waals surface area contributed by atoms with Crippen LogP contribution in [0, 0.1) is 0 Å². The summed E-state index contributed by atoms with van der Waals surface area (Å²) in [5.74, 6) is 1.46. The van der Waals surface area contributed by atoms with Crippen LogP contribution in [0.3, 0.4) is 0 Å². The molecule has 0 aromatic heterocycles. The molecule has 8 N–H and O–H groups in total. The minimum Gasteiger partial charge on any atom is -0.497 e. The van der Waals surface area contributed by atoms with Crippen LogP contribution in [-0.2, 0) is 13.1 Å². The summed E-state index contributed by atoms with van der Waals surface area (Å²) in [6.07, 6.45) is -3.96. The molecule has 0 bridgehead atoms. The van der Waals surface area contributed by atoms with E-state index in [9.17, 15) is 15.3 Å². The molecule has 12 nitrogen and oxygen atoms in total. The molecule has 0 fully saturated rings. The second-order valence-electron chi connectivity index (χ2n) is 7.77. The lowest BCUT2D eigenvalue weighted by Gasteiger charge is -2.21. The van der Waals surface area contributed by atoms with E-state index in [1.54, 1.807) is 14.2 Å². The van der Waals surface area contributed by atoms with E-state index < -0.39 is 24.9 Å². The van der Waals surface area contributed by atoms with Crippen LogP contribution in [0.15, 0.2) is 58.7 Å². The molecule has 3 atom stereocenters. The third-order valence-corrected chi connectivity index (χ3v) is 5.55. The van der Waals surface area contributed by atoms with Crippen molar-refractivity contribution in [3.8, 4) is 11.5 Å². The second-order valence-corrected chi connectivity index (χ2v) is 8.58. The fourth-order valence-electron chi connectivity index (χ4n) is 2.87. The Hall–Kier alpha value is -3.40. The standard InChI is InChI=1S/C24H32N6O6S2/c1-35-17-7-3-15(4-8-17)11-25-23(37)29-27-13-19(21(33)22(34)20(32)14-31)28-30-24(38)26-12-16-5-9-18(36-2)10-6-16/h3-10,13,20-22,31-34H,11-12,14H2,1-2H3,(H2,25,29,37)(H2,26,30,38)/b27-13-,28-19?/t20-,21-,22-/m1/s1. The summed E-state index contributed by atoms with van der Waals surface area (Å²) in [6.45, 7) is 0.0421. The Labute approximate surface area is 231 Å². The van der Waals surface area contributed by atoms with Crippen LogP contribution < -0.4 is 31.0 Å². The number of nitrogens with one attached hydrogen (secondary N) is 4. The highest BCUT2D eigenvalue weighted by Gasteiger charge is 2.28. The van der Waals surface area contributed by atoms with E-state index >= 15 is 0 Å². The molecular weight excluding hydrogens is 532 g/mol. The fraction of sp³-hybridized carbons (Fsp3) is 0.333. The molecule has 0 saturated carbocycles. The quantitative estimate of drug-likeness (QED) is 0.0912. The molecule has 2 aromatic carbocycles. The number of hydrazone groups is 2. The van der Waals surface area contributed by atoms with E-state index in [-0.39, 0.29) is 15.9 Å². The SMILES string of the molecule is COc1ccc(CNC(=S)NN=C(/C=N\NC(=S)NCc2ccc(OC)cc2)[C@@H](O)[C@H](O)[C@H](O)CO)cc1. The molecule has 0 unspecified atom stereocenters. The first-order valence-corrected chi connectivity index (χ1v) is 12.2. The van der Waals surface area contributed by atoms with Crippen LogP contribution in [0.4, 0.5) is 0 Å². The molecule has 0 aliphatic rings. The normalized spacial score (nSPS) is 13.8. The average Bonchev–Trinajstić information content (AvgIpc) is 2.95. The average molecular weight is 565 g/mol. The van der Waals surface area contributed by atoms with E-state index in [2.05, 4.69) is 31.7 Å². The Bertz CT molecular complexity index is 1080. The van der Waals surface area contributed by atoms with Crippen molar-refractivity contribution in [2.24, 2.45) is 10.2 Å². The predicted molar refractivity (Wildman–Crippen MR) is 152 cm³/mol. The maximum atomic E-state index is 10.5. The van der Waals surface area contributed by atoms with E-state index in [1.807, 2.05) is 48.5 Å². The number of hydrogen-bond acceptors (Lipinski definition) is 10. The summed E-state index contributed by atoms with van der Waals surface area (Å²) in [7, 11) is 3.17. The largest absolute Gasteiger partial charge is 0.497 e. The summed E-state index contributed by atoms with van der Waals surface area (Å²) < 4.78 is 10.3. The first-order chi connectivity index (χ1) is 18.3. The van der Waals surface area contributed by atoms with E-state index in [1.165, 1.54) is 0 Å². The summed E-state index contributed by atoms with van der Waals surface area (Å²) in [4.78, 5) is 0. The molecule has 206 valence electrons. The van der Waals surface area contributed by atoms with Crippen molar-refractivity contribution in [3.05, 3.63) is 59.7 Å². The van der Waals surface area contributed by atoms with Crippen molar-refractivity contribution in [3.63, 3.8) is 0 Å². The Morgan fingerprint density at radius 1 is 0.842 bits per heavy atom. The van der Waals surface area contributed by atoms with E-state index in [0.29, 0.717) is 13.1 Å². The lowest BCUT2D eigenvalue weighted by Crippen LogP contribution is -2.45. The van der Waals surface area contributed by atoms with Crippen LogP contribution in [0.2, 0.25) is 0 Å². The molecule has 0 aliphatic carbocycles. The number of aliphatic hydroxyl groups is 4. The molecule has 38 heavy (non-hydrogen) atoms.